The van der Waals surface area contributed by atoms with Gasteiger partial charge in [-0.1, -0.05) is 18.2 Å². The highest BCUT2D eigenvalue weighted by Gasteiger charge is 2.10. The van der Waals surface area contributed by atoms with E-state index in [2.05, 4.69) is 10.3 Å². The van der Waals surface area contributed by atoms with Crippen molar-refractivity contribution in [3.8, 4) is 11.1 Å². The van der Waals surface area contributed by atoms with Gasteiger partial charge in [0, 0.05) is 29.2 Å². The summed E-state index contributed by atoms with van der Waals surface area (Å²) in [7, 11) is 0. The first-order valence-corrected chi connectivity index (χ1v) is 6.90. The second-order valence-electron chi connectivity index (χ2n) is 4.90. The largest absolute Gasteiger partial charge is 0.322 e. The monoisotopic (exact) mass is 310 g/mol. The van der Waals surface area contributed by atoms with E-state index in [1.807, 2.05) is 0 Å². The SMILES string of the molecule is O=C(Nc1ccc(F)cc1)c1cncc(-c2ccccc2F)c1. The summed E-state index contributed by atoms with van der Waals surface area (Å²) in [6, 6.07) is 13.3. The minimum atomic E-state index is -0.401. The number of carbonyl (C=O) groups is 1. The van der Waals surface area contributed by atoms with Crippen molar-refractivity contribution in [2.75, 3.05) is 5.32 Å². The molecule has 23 heavy (non-hydrogen) atoms. The number of aromatic nitrogens is 1. The van der Waals surface area contributed by atoms with Crippen LogP contribution in [0.4, 0.5) is 14.5 Å². The third-order valence-corrected chi connectivity index (χ3v) is 3.29. The smallest absolute Gasteiger partial charge is 0.257 e. The van der Waals surface area contributed by atoms with Crippen LogP contribution in [-0.2, 0) is 0 Å². The Bertz CT molecular complexity index is 848. The molecule has 1 amide bonds. The van der Waals surface area contributed by atoms with E-state index in [4.69, 9.17) is 0 Å². The van der Waals surface area contributed by atoms with Gasteiger partial charge in [0.1, 0.15) is 11.6 Å². The van der Waals surface area contributed by atoms with Gasteiger partial charge in [-0.25, -0.2) is 8.78 Å². The average molecular weight is 310 g/mol. The molecule has 3 aromatic rings. The number of carbonyl (C=O) groups excluding carboxylic acids is 1. The van der Waals surface area contributed by atoms with E-state index in [0.717, 1.165) is 0 Å². The molecule has 2 aromatic carbocycles. The van der Waals surface area contributed by atoms with Crippen molar-refractivity contribution >= 4 is 11.6 Å². The van der Waals surface area contributed by atoms with Crippen molar-refractivity contribution in [1.29, 1.82) is 0 Å². The number of anilines is 1. The van der Waals surface area contributed by atoms with Crippen LogP contribution >= 0.6 is 0 Å². The van der Waals surface area contributed by atoms with Crippen molar-refractivity contribution in [2.45, 2.75) is 0 Å². The zero-order valence-corrected chi connectivity index (χ0v) is 12.0. The van der Waals surface area contributed by atoms with Gasteiger partial charge in [-0.15, -0.1) is 0 Å². The number of nitrogens with zero attached hydrogens (tertiary/aromatic N) is 1. The Hall–Kier alpha value is -3.08. The first-order chi connectivity index (χ1) is 11.1. The summed E-state index contributed by atoms with van der Waals surface area (Å²) in [6.45, 7) is 0. The molecule has 0 fully saturated rings. The predicted octanol–water partition coefficient (Wildman–Crippen LogP) is 4.28. The van der Waals surface area contributed by atoms with Crippen LogP contribution in [0.25, 0.3) is 11.1 Å². The Labute approximate surface area is 131 Å². The Morgan fingerprint density at radius 1 is 0.957 bits per heavy atom. The molecule has 0 radical (unpaired) electrons. The lowest BCUT2D eigenvalue weighted by Crippen LogP contribution is -2.12. The summed E-state index contributed by atoms with van der Waals surface area (Å²) in [4.78, 5) is 16.2. The molecule has 0 aliphatic carbocycles. The molecule has 0 bridgehead atoms. The summed E-state index contributed by atoms with van der Waals surface area (Å²) in [6.07, 6.45) is 2.89. The van der Waals surface area contributed by atoms with Gasteiger partial charge in [0.2, 0.25) is 0 Å². The fourth-order valence-corrected chi connectivity index (χ4v) is 2.14. The molecular weight excluding hydrogens is 298 g/mol. The van der Waals surface area contributed by atoms with E-state index in [1.165, 1.54) is 42.7 Å². The number of hydrogen-bond donors (Lipinski definition) is 1. The fraction of sp³-hybridized carbons (Fsp3) is 0. The van der Waals surface area contributed by atoms with Crippen LogP contribution in [0, 0.1) is 11.6 Å². The van der Waals surface area contributed by atoms with E-state index in [1.54, 1.807) is 24.3 Å². The highest BCUT2D eigenvalue weighted by atomic mass is 19.1. The number of hydrogen-bond acceptors (Lipinski definition) is 2. The minimum absolute atomic E-state index is 0.287. The summed E-state index contributed by atoms with van der Waals surface area (Å²) in [5.41, 5.74) is 1.63. The molecule has 1 heterocycles. The van der Waals surface area contributed by atoms with Crippen LogP contribution < -0.4 is 5.32 Å². The standard InChI is InChI=1S/C18H12F2N2O/c19-14-5-7-15(8-6-14)22-18(23)13-9-12(10-21-11-13)16-3-1-2-4-17(16)20/h1-11H,(H,22,23). The number of benzene rings is 2. The number of pyridine rings is 1. The topological polar surface area (TPSA) is 42.0 Å². The molecule has 0 aliphatic rings. The Balaban J connectivity index is 1.86. The van der Waals surface area contributed by atoms with E-state index in [-0.39, 0.29) is 17.2 Å². The zero-order chi connectivity index (χ0) is 16.2. The first-order valence-electron chi connectivity index (χ1n) is 6.90. The van der Waals surface area contributed by atoms with Gasteiger partial charge < -0.3 is 5.32 Å². The lowest BCUT2D eigenvalue weighted by atomic mass is 10.1. The van der Waals surface area contributed by atoms with Gasteiger partial charge in [-0.2, -0.15) is 0 Å². The summed E-state index contributed by atoms with van der Waals surface area (Å²) in [5, 5.41) is 2.64. The van der Waals surface area contributed by atoms with E-state index < -0.39 is 5.91 Å². The van der Waals surface area contributed by atoms with Crippen LogP contribution in [0.5, 0.6) is 0 Å². The van der Waals surface area contributed by atoms with Gasteiger partial charge in [0.25, 0.3) is 5.91 Å². The molecule has 0 saturated heterocycles. The maximum atomic E-state index is 13.8. The van der Waals surface area contributed by atoms with E-state index in [9.17, 15) is 13.6 Å². The Morgan fingerprint density at radius 2 is 1.70 bits per heavy atom. The zero-order valence-electron chi connectivity index (χ0n) is 12.0. The van der Waals surface area contributed by atoms with Crippen LogP contribution in [0.2, 0.25) is 0 Å². The highest BCUT2D eigenvalue weighted by molar-refractivity contribution is 6.04. The van der Waals surface area contributed by atoms with E-state index >= 15 is 0 Å². The lowest BCUT2D eigenvalue weighted by Gasteiger charge is -2.07. The summed E-state index contributed by atoms with van der Waals surface area (Å²) < 4.78 is 26.7. The highest BCUT2D eigenvalue weighted by Crippen LogP contribution is 2.22. The van der Waals surface area contributed by atoms with Gasteiger partial charge in [0.15, 0.2) is 0 Å². The fourth-order valence-electron chi connectivity index (χ4n) is 2.14. The van der Waals surface area contributed by atoms with Crippen molar-refractivity contribution in [3.05, 3.63) is 84.2 Å². The molecule has 0 saturated carbocycles. The van der Waals surface area contributed by atoms with Crippen LogP contribution in [-0.4, -0.2) is 10.9 Å². The predicted molar refractivity (Wildman–Crippen MR) is 84.0 cm³/mol. The maximum Gasteiger partial charge on any atom is 0.257 e. The molecule has 0 spiro atoms. The van der Waals surface area contributed by atoms with Gasteiger partial charge in [0.05, 0.1) is 5.56 Å². The quantitative estimate of drug-likeness (QED) is 0.784. The second-order valence-corrected chi connectivity index (χ2v) is 4.90. The number of amides is 1. The summed E-state index contributed by atoms with van der Waals surface area (Å²) in [5.74, 6) is -1.17. The molecule has 1 aromatic heterocycles. The normalized spacial score (nSPS) is 10.3. The molecular formula is C18H12F2N2O. The third-order valence-electron chi connectivity index (χ3n) is 3.29. The second kappa shape index (κ2) is 6.36. The van der Waals surface area contributed by atoms with Crippen LogP contribution in [0.15, 0.2) is 67.0 Å². The van der Waals surface area contributed by atoms with Crippen molar-refractivity contribution < 1.29 is 13.6 Å². The Morgan fingerprint density at radius 3 is 2.43 bits per heavy atom. The Kier molecular flexibility index (Phi) is 4.10. The molecule has 0 atom stereocenters. The van der Waals surface area contributed by atoms with Crippen molar-refractivity contribution in [3.63, 3.8) is 0 Å². The molecule has 114 valence electrons. The third kappa shape index (κ3) is 3.40. The maximum absolute atomic E-state index is 13.8. The van der Waals surface area contributed by atoms with Crippen LogP contribution in [0.3, 0.4) is 0 Å². The molecule has 3 rings (SSSR count). The minimum Gasteiger partial charge on any atom is -0.322 e. The molecule has 5 heteroatoms. The van der Waals surface area contributed by atoms with Gasteiger partial charge in [-0.05, 0) is 36.4 Å². The molecule has 1 N–H and O–H groups in total. The number of halogens is 2. The van der Waals surface area contributed by atoms with Crippen molar-refractivity contribution in [1.82, 2.24) is 4.98 Å². The molecule has 3 nitrogen and oxygen atoms in total. The lowest BCUT2D eigenvalue weighted by molar-refractivity contribution is 0.102. The van der Waals surface area contributed by atoms with Crippen molar-refractivity contribution in [2.24, 2.45) is 0 Å². The average Bonchev–Trinajstić information content (AvgIpc) is 2.57. The molecule has 0 aliphatic heterocycles. The van der Waals surface area contributed by atoms with E-state index in [0.29, 0.717) is 16.8 Å². The molecule has 0 unspecified atom stereocenters. The number of nitrogens with one attached hydrogen (secondary N) is 1. The summed E-state index contributed by atoms with van der Waals surface area (Å²) >= 11 is 0. The van der Waals surface area contributed by atoms with Gasteiger partial charge in [-0.3, -0.25) is 9.78 Å². The first kappa shape index (κ1) is 14.8. The van der Waals surface area contributed by atoms with Gasteiger partial charge >= 0.3 is 0 Å². The van der Waals surface area contributed by atoms with Crippen LogP contribution in [0.1, 0.15) is 10.4 Å². The number of rotatable bonds is 3.